The maximum absolute atomic E-state index is 12.8. The van der Waals surface area contributed by atoms with E-state index in [1.54, 1.807) is 29.2 Å². The van der Waals surface area contributed by atoms with E-state index < -0.39 is 5.91 Å². The fourth-order valence-electron chi connectivity index (χ4n) is 3.06. The Balaban J connectivity index is 1.62. The molecule has 2 heterocycles. The highest BCUT2D eigenvalue weighted by atomic mass is 35.5. The number of amides is 3. The summed E-state index contributed by atoms with van der Waals surface area (Å²) in [5.74, 6) is -1.02. The first kappa shape index (κ1) is 21.2. The average molecular weight is 436 g/mol. The highest BCUT2D eigenvalue weighted by molar-refractivity contribution is 7.15. The average Bonchev–Trinajstić information content (AvgIpc) is 3.22. The standard InChI is InChI=1S/C19H22ClN5O3S/c1-2-8-21-15(26)12-5-4-9-25(11-12)19(28)18-24-23-17(29-18)16(27)22-14-7-3-6-13(20)10-14/h3,6-7,10,12H,2,4-5,8-9,11H2,1H3,(H,21,26)(H,22,27). The van der Waals surface area contributed by atoms with E-state index in [0.717, 1.165) is 30.6 Å². The summed E-state index contributed by atoms with van der Waals surface area (Å²) in [6, 6.07) is 6.74. The molecule has 0 radical (unpaired) electrons. The molecule has 8 nitrogen and oxygen atoms in total. The van der Waals surface area contributed by atoms with Crippen LogP contribution in [0.25, 0.3) is 0 Å². The number of carbonyl (C=O) groups excluding carboxylic acids is 3. The van der Waals surface area contributed by atoms with E-state index in [9.17, 15) is 14.4 Å². The lowest BCUT2D eigenvalue weighted by atomic mass is 9.97. The maximum Gasteiger partial charge on any atom is 0.286 e. The number of nitrogens with one attached hydrogen (secondary N) is 2. The zero-order valence-electron chi connectivity index (χ0n) is 16.0. The third kappa shape index (κ3) is 5.51. The zero-order valence-corrected chi connectivity index (χ0v) is 17.6. The first-order valence-corrected chi connectivity index (χ1v) is 10.6. The number of nitrogens with zero attached hydrogens (tertiary/aromatic N) is 3. The minimum absolute atomic E-state index is 0.0248. The van der Waals surface area contributed by atoms with Crippen LogP contribution in [0.4, 0.5) is 5.69 Å². The van der Waals surface area contributed by atoms with Gasteiger partial charge in [0.2, 0.25) is 15.9 Å². The number of rotatable bonds is 6. The Morgan fingerprint density at radius 1 is 1.28 bits per heavy atom. The summed E-state index contributed by atoms with van der Waals surface area (Å²) in [5, 5.41) is 14.0. The number of piperidine rings is 1. The van der Waals surface area contributed by atoms with Crippen LogP contribution < -0.4 is 10.6 Å². The number of anilines is 1. The van der Waals surface area contributed by atoms with Crippen LogP contribution in [0.2, 0.25) is 5.02 Å². The highest BCUT2D eigenvalue weighted by Gasteiger charge is 2.30. The quantitative estimate of drug-likeness (QED) is 0.725. The second kappa shape index (κ2) is 9.80. The van der Waals surface area contributed by atoms with Crippen LogP contribution in [0.1, 0.15) is 45.8 Å². The van der Waals surface area contributed by atoms with Gasteiger partial charge in [-0.25, -0.2) is 0 Å². The lowest BCUT2D eigenvalue weighted by Crippen LogP contribution is -2.45. The second-order valence-electron chi connectivity index (χ2n) is 6.76. The van der Waals surface area contributed by atoms with Gasteiger partial charge in [-0.1, -0.05) is 35.9 Å². The van der Waals surface area contributed by atoms with Gasteiger partial charge in [-0.05, 0) is 37.5 Å². The van der Waals surface area contributed by atoms with Gasteiger partial charge < -0.3 is 15.5 Å². The number of hydrogen-bond donors (Lipinski definition) is 2. The minimum Gasteiger partial charge on any atom is -0.356 e. The third-order valence-corrected chi connectivity index (χ3v) is 5.66. The Labute approximate surface area is 177 Å². The molecule has 1 aliphatic heterocycles. The first-order valence-electron chi connectivity index (χ1n) is 9.45. The summed E-state index contributed by atoms with van der Waals surface area (Å²) in [6.45, 7) is 3.52. The van der Waals surface area contributed by atoms with E-state index in [1.807, 2.05) is 6.92 Å². The van der Waals surface area contributed by atoms with Crippen molar-refractivity contribution in [3.63, 3.8) is 0 Å². The largest absolute Gasteiger partial charge is 0.356 e. The molecule has 0 aliphatic carbocycles. The molecule has 2 N–H and O–H groups in total. The molecule has 1 saturated heterocycles. The predicted octanol–water partition coefficient (Wildman–Crippen LogP) is 2.82. The second-order valence-corrected chi connectivity index (χ2v) is 8.17. The molecule has 2 aromatic rings. The molecule has 154 valence electrons. The number of benzene rings is 1. The fourth-order valence-corrected chi connectivity index (χ4v) is 3.95. The highest BCUT2D eigenvalue weighted by Crippen LogP contribution is 2.21. The van der Waals surface area contributed by atoms with E-state index >= 15 is 0 Å². The van der Waals surface area contributed by atoms with Crippen molar-refractivity contribution >= 4 is 46.3 Å². The summed E-state index contributed by atoms with van der Waals surface area (Å²) >= 11 is 6.84. The zero-order chi connectivity index (χ0) is 20.8. The van der Waals surface area contributed by atoms with Crippen LogP contribution >= 0.6 is 22.9 Å². The smallest absolute Gasteiger partial charge is 0.286 e. The van der Waals surface area contributed by atoms with Crippen molar-refractivity contribution in [1.82, 2.24) is 20.4 Å². The van der Waals surface area contributed by atoms with Crippen molar-refractivity contribution in [2.45, 2.75) is 26.2 Å². The number of hydrogen-bond acceptors (Lipinski definition) is 6. The third-order valence-electron chi connectivity index (χ3n) is 4.51. The summed E-state index contributed by atoms with van der Waals surface area (Å²) in [7, 11) is 0. The van der Waals surface area contributed by atoms with Crippen molar-refractivity contribution in [3.8, 4) is 0 Å². The Bertz CT molecular complexity index is 903. The van der Waals surface area contributed by atoms with Crippen molar-refractivity contribution in [1.29, 1.82) is 0 Å². The molecule has 1 aliphatic rings. The Hall–Kier alpha value is -2.52. The van der Waals surface area contributed by atoms with Crippen LogP contribution in [-0.2, 0) is 4.79 Å². The van der Waals surface area contributed by atoms with Crippen LogP contribution in [-0.4, -0.2) is 52.5 Å². The van der Waals surface area contributed by atoms with Gasteiger partial charge in [0.05, 0.1) is 5.92 Å². The van der Waals surface area contributed by atoms with Crippen LogP contribution in [0.5, 0.6) is 0 Å². The molecule has 0 bridgehead atoms. The monoisotopic (exact) mass is 435 g/mol. The van der Waals surface area contributed by atoms with Gasteiger partial charge in [0.1, 0.15) is 0 Å². The fraction of sp³-hybridized carbons (Fsp3) is 0.421. The van der Waals surface area contributed by atoms with E-state index in [2.05, 4.69) is 20.8 Å². The molecule has 0 spiro atoms. The van der Waals surface area contributed by atoms with Gasteiger partial charge in [0.15, 0.2) is 0 Å². The van der Waals surface area contributed by atoms with Crippen molar-refractivity contribution in [2.24, 2.45) is 5.92 Å². The maximum atomic E-state index is 12.8. The molecular weight excluding hydrogens is 414 g/mol. The van der Waals surface area contributed by atoms with Crippen molar-refractivity contribution in [2.75, 3.05) is 25.0 Å². The summed E-state index contributed by atoms with van der Waals surface area (Å²) in [5.41, 5.74) is 0.530. The molecular formula is C19H22ClN5O3S. The SMILES string of the molecule is CCCNC(=O)C1CCCN(C(=O)c2nnc(C(=O)Nc3cccc(Cl)c3)s2)C1. The van der Waals surface area contributed by atoms with E-state index in [4.69, 9.17) is 11.6 Å². The Morgan fingerprint density at radius 2 is 2.07 bits per heavy atom. The first-order chi connectivity index (χ1) is 14.0. The van der Waals surface area contributed by atoms with Crippen LogP contribution in [0.3, 0.4) is 0 Å². The van der Waals surface area contributed by atoms with Crippen LogP contribution in [0.15, 0.2) is 24.3 Å². The molecule has 1 unspecified atom stereocenters. The Morgan fingerprint density at radius 3 is 2.83 bits per heavy atom. The normalized spacial score (nSPS) is 16.3. The van der Waals surface area contributed by atoms with E-state index in [-0.39, 0.29) is 27.7 Å². The molecule has 1 fully saturated rings. The summed E-state index contributed by atoms with van der Waals surface area (Å²) < 4.78 is 0. The van der Waals surface area contributed by atoms with Crippen LogP contribution in [0, 0.1) is 5.92 Å². The van der Waals surface area contributed by atoms with Gasteiger partial charge in [0.25, 0.3) is 11.8 Å². The molecule has 0 saturated carbocycles. The van der Waals surface area contributed by atoms with Gasteiger partial charge in [0, 0.05) is 30.3 Å². The minimum atomic E-state index is -0.459. The number of likely N-dealkylation sites (tertiary alicyclic amines) is 1. The van der Waals surface area contributed by atoms with Crippen molar-refractivity contribution in [3.05, 3.63) is 39.3 Å². The number of aromatic nitrogens is 2. The topological polar surface area (TPSA) is 104 Å². The lowest BCUT2D eigenvalue weighted by Gasteiger charge is -2.31. The van der Waals surface area contributed by atoms with Gasteiger partial charge in [-0.2, -0.15) is 0 Å². The lowest BCUT2D eigenvalue weighted by molar-refractivity contribution is -0.126. The molecule has 3 rings (SSSR count). The Kier molecular flexibility index (Phi) is 7.16. The molecule has 3 amide bonds. The molecule has 10 heteroatoms. The summed E-state index contributed by atoms with van der Waals surface area (Å²) in [6.07, 6.45) is 2.37. The number of carbonyl (C=O) groups is 3. The number of halogens is 1. The summed E-state index contributed by atoms with van der Waals surface area (Å²) in [4.78, 5) is 39.0. The van der Waals surface area contributed by atoms with Crippen molar-refractivity contribution < 1.29 is 14.4 Å². The van der Waals surface area contributed by atoms with E-state index in [1.165, 1.54) is 0 Å². The van der Waals surface area contributed by atoms with Gasteiger partial charge in [-0.3, -0.25) is 14.4 Å². The van der Waals surface area contributed by atoms with Gasteiger partial charge >= 0.3 is 0 Å². The molecule has 29 heavy (non-hydrogen) atoms. The van der Waals surface area contributed by atoms with Gasteiger partial charge in [-0.15, -0.1) is 10.2 Å². The molecule has 1 aromatic heterocycles. The van der Waals surface area contributed by atoms with E-state index in [0.29, 0.717) is 30.3 Å². The predicted molar refractivity (Wildman–Crippen MR) is 111 cm³/mol. The molecule has 1 aromatic carbocycles. The molecule has 1 atom stereocenters.